The van der Waals surface area contributed by atoms with E-state index in [0.717, 1.165) is 0 Å². The number of phenols is 1. The Morgan fingerprint density at radius 1 is 1.35 bits per heavy atom. The number of ketones is 1. The van der Waals surface area contributed by atoms with Crippen molar-refractivity contribution in [1.82, 2.24) is 0 Å². The Morgan fingerprint density at radius 3 is 2.59 bits per heavy atom. The summed E-state index contributed by atoms with van der Waals surface area (Å²) in [5, 5.41) is 9.79. The number of hydrogen-bond donors (Lipinski definition) is 1. The molecule has 0 fully saturated rings. The van der Waals surface area contributed by atoms with E-state index in [2.05, 4.69) is 0 Å². The SMILES string of the molecule is CCOc1cc(OC)cc(O)c1C(=O)COC. The third kappa shape index (κ3) is 3.10. The second-order valence-electron chi connectivity index (χ2n) is 3.31. The number of hydrogen-bond acceptors (Lipinski definition) is 5. The van der Waals surface area contributed by atoms with Crippen molar-refractivity contribution in [3.63, 3.8) is 0 Å². The largest absolute Gasteiger partial charge is 0.507 e. The lowest BCUT2D eigenvalue weighted by molar-refractivity contribution is 0.0841. The topological polar surface area (TPSA) is 65.0 Å². The fourth-order valence-corrected chi connectivity index (χ4v) is 1.45. The number of Topliss-reactive ketones (excluding diaryl/α,β-unsaturated/α-hetero) is 1. The Kier molecular flexibility index (Phi) is 4.78. The lowest BCUT2D eigenvalue weighted by Gasteiger charge is -2.12. The van der Waals surface area contributed by atoms with Gasteiger partial charge >= 0.3 is 0 Å². The third-order valence-electron chi connectivity index (χ3n) is 2.14. The van der Waals surface area contributed by atoms with Crippen molar-refractivity contribution in [3.8, 4) is 17.2 Å². The lowest BCUT2D eigenvalue weighted by atomic mass is 10.1. The first-order chi connectivity index (χ1) is 8.13. The molecule has 0 heterocycles. The van der Waals surface area contributed by atoms with Crippen molar-refractivity contribution in [2.45, 2.75) is 6.92 Å². The van der Waals surface area contributed by atoms with E-state index in [-0.39, 0.29) is 23.7 Å². The summed E-state index contributed by atoms with van der Waals surface area (Å²) in [7, 11) is 2.89. The molecule has 5 heteroatoms. The molecule has 17 heavy (non-hydrogen) atoms. The third-order valence-corrected chi connectivity index (χ3v) is 2.14. The average Bonchev–Trinajstić information content (AvgIpc) is 2.29. The van der Waals surface area contributed by atoms with Gasteiger partial charge in [0.15, 0.2) is 5.78 Å². The number of phenolic OH excluding ortho intramolecular Hbond substituents is 1. The molecular weight excluding hydrogens is 224 g/mol. The van der Waals surface area contributed by atoms with Gasteiger partial charge in [-0.15, -0.1) is 0 Å². The highest BCUT2D eigenvalue weighted by Crippen LogP contribution is 2.33. The summed E-state index contributed by atoms with van der Waals surface area (Å²) in [6, 6.07) is 2.93. The zero-order chi connectivity index (χ0) is 12.8. The monoisotopic (exact) mass is 240 g/mol. The predicted octanol–water partition coefficient (Wildman–Crippen LogP) is 1.63. The van der Waals surface area contributed by atoms with Crippen molar-refractivity contribution >= 4 is 5.78 Å². The molecule has 1 aromatic carbocycles. The first-order valence-corrected chi connectivity index (χ1v) is 5.20. The number of carbonyl (C=O) groups excluding carboxylic acids is 1. The minimum absolute atomic E-state index is 0.111. The molecule has 0 aliphatic heterocycles. The van der Waals surface area contributed by atoms with Gasteiger partial charge in [0.2, 0.25) is 0 Å². The van der Waals surface area contributed by atoms with Gasteiger partial charge in [-0.2, -0.15) is 0 Å². The van der Waals surface area contributed by atoms with Gasteiger partial charge in [0.25, 0.3) is 0 Å². The summed E-state index contributed by atoms with van der Waals surface area (Å²) in [4.78, 5) is 11.8. The van der Waals surface area contributed by atoms with Crippen LogP contribution < -0.4 is 9.47 Å². The Bertz CT molecular complexity index is 400. The first kappa shape index (κ1) is 13.3. The number of benzene rings is 1. The van der Waals surface area contributed by atoms with Crippen LogP contribution in [0.15, 0.2) is 12.1 Å². The Morgan fingerprint density at radius 2 is 2.06 bits per heavy atom. The number of carbonyl (C=O) groups is 1. The van der Waals surface area contributed by atoms with Gasteiger partial charge in [-0.05, 0) is 6.92 Å². The van der Waals surface area contributed by atoms with Crippen LogP contribution in [0.5, 0.6) is 17.2 Å². The molecule has 0 bridgehead atoms. The van der Waals surface area contributed by atoms with E-state index >= 15 is 0 Å². The van der Waals surface area contributed by atoms with Gasteiger partial charge in [-0.25, -0.2) is 0 Å². The molecule has 94 valence electrons. The number of rotatable bonds is 6. The Labute approximate surface area is 99.9 Å². The first-order valence-electron chi connectivity index (χ1n) is 5.20. The van der Waals surface area contributed by atoms with E-state index in [4.69, 9.17) is 14.2 Å². The van der Waals surface area contributed by atoms with Crippen LogP contribution in [-0.4, -0.2) is 38.3 Å². The van der Waals surface area contributed by atoms with Crippen LogP contribution >= 0.6 is 0 Å². The molecule has 0 aliphatic rings. The van der Waals surface area contributed by atoms with Gasteiger partial charge in [-0.3, -0.25) is 4.79 Å². The van der Waals surface area contributed by atoms with E-state index in [1.165, 1.54) is 20.3 Å². The normalized spacial score (nSPS) is 10.1. The van der Waals surface area contributed by atoms with Crippen LogP contribution in [0.1, 0.15) is 17.3 Å². The minimum Gasteiger partial charge on any atom is -0.507 e. The second-order valence-corrected chi connectivity index (χ2v) is 3.31. The zero-order valence-electron chi connectivity index (χ0n) is 10.1. The highest BCUT2D eigenvalue weighted by molar-refractivity contribution is 6.02. The fourth-order valence-electron chi connectivity index (χ4n) is 1.45. The highest BCUT2D eigenvalue weighted by Gasteiger charge is 2.19. The fraction of sp³-hybridized carbons (Fsp3) is 0.417. The summed E-state index contributed by atoms with van der Waals surface area (Å²) in [5.41, 5.74) is 0.120. The number of methoxy groups -OCH3 is 2. The molecule has 0 aliphatic carbocycles. The van der Waals surface area contributed by atoms with Gasteiger partial charge in [-0.1, -0.05) is 0 Å². The van der Waals surface area contributed by atoms with Crippen molar-refractivity contribution in [1.29, 1.82) is 0 Å². The van der Waals surface area contributed by atoms with Gasteiger partial charge < -0.3 is 19.3 Å². The van der Waals surface area contributed by atoms with Crippen LogP contribution in [0.2, 0.25) is 0 Å². The van der Waals surface area contributed by atoms with Crippen LogP contribution in [0, 0.1) is 0 Å². The van der Waals surface area contributed by atoms with E-state index in [0.29, 0.717) is 18.1 Å². The van der Waals surface area contributed by atoms with Gasteiger partial charge in [0.1, 0.15) is 29.4 Å². The van der Waals surface area contributed by atoms with Gasteiger partial charge in [0, 0.05) is 19.2 Å². The van der Waals surface area contributed by atoms with E-state index in [9.17, 15) is 9.90 Å². The zero-order valence-corrected chi connectivity index (χ0v) is 10.1. The molecule has 0 unspecified atom stereocenters. The number of ether oxygens (including phenoxy) is 3. The maximum Gasteiger partial charge on any atom is 0.195 e. The standard InChI is InChI=1S/C12H16O5/c1-4-17-11-6-8(16-3)5-9(13)12(11)10(14)7-15-2/h5-6,13H,4,7H2,1-3H3. The predicted molar refractivity (Wildman–Crippen MR) is 62.0 cm³/mol. The molecule has 0 radical (unpaired) electrons. The van der Waals surface area contributed by atoms with Crippen molar-refractivity contribution in [2.24, 2.45) is 0 Å². The summed E-state index contributed by atoms with van der Waals surface area (Å²) < 4.78 is 15.1. The smallest absolute Gasteiger partial charge is 0.195 e. The molecular formula is C12H16O5. The van der Waals surface area contributed by atoms with E-state index < -0.39 is 0 Å². The molecule has 0 saturated carbocycles. The van der Waals surface area contributed by atoms with Crippen molar-refractivity contribution in [2.75, 3.05) is 27.4 Å². The summed E-state index contributed by atoms with van der Waals surface area (Å²) in [5.74, 6) is 0.220. The maximum absolute atomic E-state index is 11.8. The molecule has 5 nitrogen and oxygen atoms in total. The lowest BCUT2D eigenvalue weighted by Crippen LogP contribution is -2.10. The summed E-state index contributed by atoms with van der Waals surface area (Å²) in [6.07, 6.45) is 0. The molecule has 0 aromatic heterocycles. The van der Waals surface area contributed by atoms with E-state index in [1.807, 2.05) is 0 Å². The Balaban J connectivity index is 3.20. The molecule has 1 N–H and O–H groups in total. The number of aromatic hydroxyl groups is 1. The Hall–Kier alpha value is -1.75. The maximum atomic E-state index is 11.8. The minimum atomic E-state index is -0.337. The van der Waals surface area contributed by atoms with E-state index in [1.54, 1.807) is 13.0 Å². The van der Waals surface area contributed by atoms with Crippen molar-refractivity contribution < 1.29 is 24.1 Å². The molecule has 0 amide bonds. The molecule has 1 aromatic rings. The molecule has 0 atom stereocenters. The quantitative estimate of drug-likeness (QED) is 0.765. The van der Waals surface area contributed by atoms with Crippen LogP contribution in [0.4, 0.5) is 0 Å². The second kappa shape index (κ2) is 6.10. The molecule has 0 spiro atoms. The summed E-state index contributed by atoms with van der Waals surface area (Å²) in [6.45, 7) is 2.07. The summed E-state index contributed by atoms with van der Waals surface area (Å²) >= 11 is 0. The van der Waals surface area contributed by atoms with Crippen LogP contribution in [0.25, 0.3) is 0 Å². The molecule has 0 saturated heterocycles. The highest BCUT2D eigenvalue weighted by atomic mass is 16.5. The van der Waals surface area contributed by atoms with Gasteiger partial charge in [0.05, 0.1) is 13.7 Å². The average molecular weight is 240 g/mol. The van der Waals surface area contributed by atoms with Crippen LogP contribution in [-0.2, 0) is 4.74 Å². The van der Waals surface area contributed by atoms with Crippen molar-refractivity contribution in [3.05, 3.63) is 17.7 Å². The molecule has 1 rings (SSSR count). The van der Waals surface area contributed by atoms with Crippen LogP contribution in [0.3, 0.4) is 0 Å².